The standard InChI is InChI=1S/C22H29NO3/c1-4-23(5-2)16-6-7-17-25-20-14-10-19(11-15-20)22(24)26-21-12-8-18(3)9-13-21/h8-15H,4-7,16-17H2,1-3H3. The second-order valence-electron chi connectivity index (χ2n) is 6.31. The smallest absolute Gasteiger partial charge is 0.343 e. The number of carbonyl (C=O) groups excluding carboxylic acids is 1. The van der Waals surface area contributed by atoms with Gasteiger partial charge in [0.15, 0.2) is 0 Å². The lowest BCUT2D eigenvalue weighted by Gasteiger charge is -2.17. The van der Waals surface area contributed by atoms with Gasteiger partial charge < -0.3 is 14.4 Å². The van der Waals surface area contributed by atoms with Crippen molar-refractivity contribution in [3.63, 3.8) is 0 Å². The molecule has 26 heavy (non-hydrogen) atoms. The molecule has 0 heterocycles. The minimum Gasteiger partial charge on any atom is -0.494 e. The Hall–Kier alpha value is -2.33. The molecule has 4 heteroatoms. The molecule has 0 aliphatic carbocycles. The molecule has 0 spiro atoms. The lowest BCUT2D eigenvalue weighted by Crippen LogP contribution is -2.24. The van der Waals surface area contributed by atoms with E-state index in [9.17, 15) is 4.79 Å². The summed E-state index contributed by atoms with van der Waals surface area (Å²) in [5, 5.41) is 0. The van der Waals surface area contributed by atoms with Crippen molar-refractivity contribution in [2.24, 2.45) is 0 Å². The third-order valence-electron chi connectivity index (χ3n) is 4.35. The quantitative estimate of drug-likeness (QED) is 0.351. The first-order valence-electron chi connectivity index (χ1n) is 9.36. The first-order valence-corrected chi connectivity index (χ1v) is 9.36. The third-order valence-corrected chi connectivity index (χ3v) is 4.35. The fraction of sp³-hybridized carbons (Fsp3) is 0.409. The summed E-state index contributed by atoms with van der Waals surface area (Å²) >= 11 is 0. The van der Waals surface area contributed by atoms with Gasteiger partial charge in [-0.1, -0.05) is 31.5 Å². The SMILES string of the molecule is CCN(CC)CCCCOc1ccc(C(=O)Oc2ccc(C)cc2)cc1. The van der Waals surface area contributed by atoms with Crippen LogP contribution in [0.2, 0.25) is 0 Å². The maximum absolute atomic E-state index is 12.2. The second-order valence-corrected chi connectivity index (χ2v) is 6.31. The van der Waals surface area contributed by atoms with Gasteiger partial charge in [-0.2, -0.15) is 0 Å². The van der Waals surface area contributed by atoms with Crippen molar-refractivity contribution >= 4 is 5.97 Å². The molecule has 0 amide bonds. The van der Waals surface area contributed by atoms with E-state index in [1.54, 1.807) is 24.3 Å². The number of rotatable bonds is 10. The number of carbonyl (C=O) groups is 1. The molecule has 0 saturated heterocycles. The van der Waals surface area contributed by atoms with E-state index in [4.69, 9.17) is 9.47 Å². The van der Waals surface area contributed by atoms with E-state index < -0.39 is 0 Å². The van der Waals surface area contributed by atoms with Crippen LogP contribution >= 0.6 is 0 Å². The normalized spacial score (nSPS) is 10.8. The van der Waals surface area contributed by atoms with Crippen molar-refractivity contribution < 1.29 is 14.3 Å². The Labute approximate surface area is 156 Å². The van der Waals surface area contributed by atoms with Crippen molar-refractivity contribution in [2.45, 2.75) is 33.6 Å². The number of nitrogens with zero attached hydrogens (tertiary/aromatic N) is 1. The maximum Gasteiger partial charge on any atom is 0.343 e. The average molecular weight is 355 g/mol. The molecular formula is C22H29NO3. The Morgan fingerprint density at radius 2 is 1.50 bits per heavy atom. The zero-order valence-electron chi connectivity index (χ0n) is 16.0. The summed E-state index contributed by atoms with van der Waals surface area (Å²) in [6.07, 6.45) is 2.15. The molecule has 2 aromatic rings. The van der Waals surface area contributed by atoms with Crippen LogP contribution in [0.4, 0.5) is 0 Å². The molecule has 140 valence electrons. The van der Waals surface area contributed by atoms with Crippen LogP contribution in [0, 0.1) is 6.92 Å². The van der Waals surface area contributed by atoms with Gasteiger partial charge in [0.25, 0.3) is 0 Å². The van der Waals surface area contributed by atoms with Gasteiger partial charge in [0.2, 0.25) is 0 Å². The summed E-state index contributed by atoms with van der Waals surface area (Å²) in [7, 11) is 0. The van der Waals surface area contributed by atoms with Gasteiger partial charge in [0, 0.05) is 0 Å². The van der Waals surface area contributed by atoms with Crippen LogP contribution in [-0.4, -0.2) is 37.1 Å². The Bertz CT molecular complexity index is 661. The lowest BCUT2D eigenvalue weighted by molar-refractivity contribution is 0.0734. The topological polar surface area (TPSA) is 38.8 Å². The summed E-state index contributed by atoms with van der Waals surface area (Å²) in [4.78, 5) is 14.6. The summed E-state index contributed by atoms with van der Waals surface area (Å²) < 4.78 is 11.1. The van der Waals surface area contributed by atoms with E-state index in [0.29, 0.717) is 17.9 Å². The monoisotopic (exact) mass is 355 g/mol. The van der Waals surface area contributed by atoms with Crippen LogP contribution in [0.15, 0.2) is 48.5 Å². The molecule has 0 atom stereocenters. The molecule has 0 fully saturated rings. The van der Waals surface area contributed by atoms with Gasteiger partial charge in [-0.15, -0.1) is 0 Å². The van der Waals surface area contributed by atoms with Crippen LogP contribution < -0.4 is 9.47 Å². The highest BCUT2D eigenvalue weighted by atomic mass is 16.5. The van der Waals surface area contributed by atoms with Crippen molar-refractivity contribution in [1.29, 1.82) is 0 Å². The minimum absolute atomic E-state index is 0.361. The number of ether oxygens (including phenoxy) is 2. The number of hydrogen-bond acceptors (Lipinski definition) is 4. The number of benzene rings is 2. The maximum atomic E-state index is 12.2. The molecule has 4 nitrogen and oxygen atoms in total. The van der Waals surface area contributed by atoms with Gasteiger partial charge in [-0.05, 0) is 75.8 Å². The molecule has 0 aliphatic rings. The van der Waals surface area contributed by atoms with Crippen LogP contribution in [-0.2, 0) is 0 Å². The number of unbranched alkanes of at least 4 members (excludes halogenated alkanes) is 1. The summed E-state index contributed by atoms with van der Waals surface area (Å²) in [6.45, 7) is 10.4. The van der Waals surface area contributed by atoms with Crippen LogP contribution in [0.25, 0.3) is 0 Å². The van der Waals surface area contributed by atoms with Crippen molar-refractivity contribution in [2.75, 3.05) is 26.2 Å². The zero-order chi connectivity index (χ0) is 18.8. The highest BCUT2D eigenvalue weighted by molar-refractivity contribution is 5.91. The average Bonchev–Trinajstić information content (AvgIpc) is 2.67. The van der Waals surface area contributed by atoms with Crippen LogP contribution in [0.3, 0.4) is 0 Å². The zero-order valence-corrected chi connectivity index (χ0v) is 16.0. The Morgan fingerprint density at radius 3 is 2.12 bits per heavy atom. The predicted octanol–water partition coefficient (Wildman–Crippen LogP) is 4.72. The number of hydrogen-bond donors (Lipinski definition) is 0. The molecule has 0 unspecified atom stereocenters. The molecule has 0 N–H and O–H groups in total. The first-order chi connectivity index (χ1) is 12.6. The predicted molar refractivity (Wildman–Crippen MR) is 105 cm³/mol. The van der Waals surface area contributed by atoms with Gasteiger partial charge in [-0.25, -0.2) is 4.79 Å². The van der Waals surface area contributed by atoms with Crippen LogP contribution in [0.1, 0.15) is 42.6 Å². The van der Waals surface area contributed by atoms with E-state index >= 15 is 0 Å². The van der Waals surface area contributed by atoms with Crippen molar-refractivity contribution in [3.05, 3.63) is 59.7 Å². The molecule has 0 radical (unpaired) electrons. The fourth-order valence-electron chi connectivity index (χ4n) is 2.63. The second kappa shape index (κ2) is 10.6. The number of esters is 1. The largest absolute Gasteiger partial charge is 0.494 e. The van der Waals surface area contributed by atoms with Gasteiger partial charge >= 0.3 is 5.97 Å². The van der Waals surface area contributed by atoms with Gasteiger partial charge in [0.1, 0.15) is 11.5 Å². The molecule has 0 bridgehead atoms. The molecule has 2 rings (SSSR count). The van der Waals surface area contributed by atoms with Crippen LogP contribution in [0.5, 0.6) is 11.5 Å². The van der Waals surface area contributed by atoms with Gasteiger partial charge in [-0.3, -0.25) is 0 Å². The van der Waals surface area contributed by atoms with E-state index in [1.807, 2.05) is 31.2 Å². The molecule has 0 aliphatic heterocycles. The molecule has 2 aromatic carbocycles. The third kappa shape index (κ3) is 6.52. The molecule has 0 aromatic heterocycles. The summed E-state index contributed by atoms with van der Waals surface area (Å²) in [6, 6.07) is 14.5. The molecule has 0 saturated carbocycles. The van der Waals surface area contributed by atoms with E-state index in [0.717, 1.165) is 43.8 Å². The van der Waals surface area contributed by atoms with Crippen molar-refractivity contribution in [3.8, 4) is 11.5 Å². The highest BCUT2D eigenvalue weighted by Crippen LogP contribution is 2.16. The summed E-state index contributed by atoms with van der Waals surface area (Å²) in [5.74, 6) is 0.966. The Balaban J connectivity index is 1.75. The first kappa shape index (κ1) is 20.0. The Kier molecular flexibility index (Phi) is 8.16. The van der Waals surface area contributed by atoms with E-state index in [-0.39, 0.29) is 5.97 Å². The Morgan fingerprint density at radius 1 is 0.885 bits per heavy atom. The fourth-order valence-corrected chi connectivity index (χ4v) is 2.63. The van der Waals surface area contributed by atoms with E-state index in [2.05, 4.69) is 18.7 Å². The highest BCUT2D eigenvalue weighted by Gasteiger charge is 2.08. The minimum atomic E-state index is -0.361. The van der Waals surface area contributed by atoms with Crippen molar-refractivity contribution in [1.82, 2.24) is 4.90 Å². The number of aryl methyl sites for hydroxylation is 1. The lowest BCUT2D eigenvalue weighted by atomic mass is 10.2. The summed E-state index contributed by atoms with van der Waals surface area (Å²) in [5.41, 5.74) is 1.64. The van der Waals surface area contributed by atoms with E-state index in [1.165, 1.54) is 0 Å². The molecular weight excluding hydrogens is 326 g/mol. The van der Waals surface area contributed by atoms with Gasteiger partial charge in [0.05, 0.1) is 12.2 Å².